The Balaban J connectivity index is 1.72. The largest absolute Gasteiger partial charge is 0.485 e. The molecule has 0 bridgehead atoms. The fourth-order valence-electron chi connectivity index (χ4n) is 1.91. The number of Topliss-reactive ketones (excluding diaryl/α,β-unsaturated/α-hetero) is 1. The second-order valence-corrected chi connectivity index (χ2v) is 5.29. The lowest BCUT2D eigenvalue weighted by Crippen LogP contribution is -2.10. The third-order valence-electron chi connectivity index (χ3n) is 2.96. The van der Waals surface area contributed by atoms with E-state index in [2.05, 4.69) is 15.9 Å². The van der Waals surface area contributed by atoms with Gasteiger partial charge < -0.3 is 9.15 Å². The van der Waals surface area contributed by atoms with E-state index in [0.29, 0.717) is 15.8 Å². The Bertz CT molecular complexity index is 777. The zero-order chi connectivity index (χ0) is 14.8. The van der Waals surface area contributed by atoms with Gasteiger partial charge in [0.2, 0.25) is 5.78 Å². The van der Waals surface area contributed by atoms with E-state index in [9.17, 15) is 9.18 Å². The Labute approximate surface area is 128 Å². The van der Waals surface area contributed by atoms with Gasteiger partial charge in [-0.2, -0.15) is 0 Å². The molecular formula is C16H10BrFO3. The van der Waals surface area contributed by atoms with Gasteiger partial charge in [0.1, 0.15) is 17.1 Å². The van der Waals surface area contributed by atoms with Gasteiger partial charge in [0.05, 0.1) is 4.47 Å². The van der Waals surface area contributed by atoms with Crippen LogP contribution in [0.15, 0.2) is 57.4 Å². The molecule has 3 nitrogen and oxygen atoms in total. The number of hydrogen-bond acceptors (Lipinski definition) is 3. The molecule has 106 valence electrons. The molecule has 3 rings (SSSR count). The van der Waals surface area contributed by atoms with E-state index >= 15 is 0 Å². The standard InChI is InChI=1S/C16H10BrFO3/c17-12-6-5-11(8-13(12)18)20-9-14(19)16-7-10-3-1-2-4-15(10)21-16/h1-8H,9H2. The van der Waals surface area contributed by atoms with Crippen molar-refractivity contribution in [3.05, 3.63) is 64.6 Å². The van der Waals surface area contributed by atoms with E-state index in [1.54, 1.807) is 18.2 Å². The van der Waals surface area contributed by atoms with Crippen molar-refractivity contribution < 1.29 is 18.3 Å². The van der Waals surface area contributed by atoms with E-state index in [-0.39, 0.29) is 18.2 Å². The molecule has 0 radical (unpaired) electrons. The lowest BCUT2D eigenvalue weighted by atomic mass is 10.2. The monoisotopic (exact) mass is 348 g/mol. The molecule has 21 heavy (non-hydrogen) atoms. The number of benzene rings is 2. The van der Waals surface area contributed by atoms with Crippen molar-refractivity contribution in [1.29, 1.82) is 0 Å². The number of carbonyl (C=O) groups is 1. The van der Waals surface area contributed by atoms with Crippen molar-refractivity contribution >= 4 is 32.7 Å². The molecule has 0 atom stereocenters. The molecule has 0 aliphatic rings. The van der Waals surface area contributed by atoms with Crippen molar-refractivity contribution in [2.75, 3.05) is 6.61 Å². The van der Waals surface area contributed by atoms with Gasteiger partial charge in [-0.1, -0.05) is 18.2 Å². The number of hydrogen-bond donors (Lipinski definition) is 0. The van der Waals surface area contributed by atoms with Crippen molar-refractivity contribution in [3.8, 4) is 5.75 Å². The number of rotatable bonds is 4. The Morgan fingerprint density at radius 3 is 2.76 bits per heavy atom. The molecule has 0 N–H and O–H groups in total. The van der Waals surface area contributed by atoms with Gasteiger partial charge in [0.15, 0.2) is 12.4 Å². The van der Waals surface area contributed by atoms with Crippen molar-refractivity contribution in [3.63, 3.8) is 0 Å². The predicted molar refractivity (Wildman–Crippen MR) is 80.1 cm³/mol. The third kappa shape index (κ3) is 2.97. The first-order valence-electron chi connectivity index (χ1n) is 6.23. The average molecular weight is 349 g/mol. The normalized spacial score (nSPS) is 10.8. The summed E-state index contributed by atoms with van der Waals surface area (Å²) in [5.74, 6) is -0.216. The van der Waals surface area contributed by atoms with Crippen LogP contribution in [0.5, 0.6) is 5.75 Å². The summed E-state index contributed by atoms with van der Waals surface area (Å²) in [6, 6.07) is 13.3. The molecule has 1 heterocycles. The molecule has 2 aromatic carbocycles. The first-order chi connectivity index (χ1) is 10.1. The lowest BCUT2D eigenvalue weighted by molar-refractivity contribution is 0.0895. The van der Waals surface area contributed by atoms with Gasteiger partial charge in [-0.15, -0.1) is 0 Å². The van der Waals surface area contributed by atoms with Gasteiger partial charge in [0, 0.05) is 11.5 Å². The molecule has 0 aliphatic carbocycles. The number of fused-ring (bicyclic) bond motifs is 1. The molecular weight excluding hydrogens is 339 g/mol. The molecule has 3 aromatic rings. The molecule has 1 aromatic heterocycles. The lowest BCUT2D eigenvalue weighted by Gasteiger charge is -2.04. The summed E-state index contributed by atoms with van der Waals surface area (Å²) in [6.45, 7) is -0.207. The van der Waals surface area contributed by atoms with E-state index in [4.69, 9.17) is 9.15 Å². The highest BCUT2D eigenvalue weighted by Gasteiger charge is 2.13. The molecule has 0 amide bonds. The van der Waals surface area contributed by atoms with Crippen LogP contribution in [-0.4, -0.2) is 12.4 Å². The summed E-state index contributed by atoms with van der Waals surface area (Å²) >= 11 is 3.05. The van der Waals surface area contributed by atoms with E-state index in [1.807, 2.05) is 18.2 Å². The van der Waals surface area contributed by atoms with Gasteiger partial charge in [-0.05, 0) is 40.2 Å². The van der Waals surface area contributed by atoms with Gasteiger partial charge in [-0.3, -0.25) is 4.79 Å². The molecule has 0 saturated carbocycles. The second-order valence-electron chi connectivity index (χ2n) is 4.44. The van der Waals surface area contributed by atoms with E-state index < -0.39 is 5.82 Å². The Hall–Kier alpha value is -2.14. The minimum Gasteiger partial charge on any atom is -0.485 e. The zero-order valence-electron chi connectivity index (χ0n) is 10.8. The third-order valence-corrected chi connectivity index (χ3v) is 3.60. The first-order valence-corrected chi connectivity index (χ1v) is 7.02. The van der Waals surface area contributed by atoms with Crippen molar-refractivity contribution in [2.24, 2.45) is 0 Å². The van der Waals surface area contributed by atoms with Crippen molar-refractivity contribution in [1.82, 2.24) is 0 Å². The highest BCUT2D eigenvalue weighted by Crippen LogP contribution is 2.22. The van der Waals surface area contributed by atoms with Crippen LogP contribution in [0.2, 0.25) is 0 Å². The number of para-hydroxylation sites is 1. The molecule has 0 unspecified atom stereocenters. The summed E-state index contributed by atoms with van der Waals surface area (Å²) in [7, 11) is 0. The Morgan fingerprint density at radius 2 is 2.00 bits per heavy atom. The Kier molecular flexibility index (Phi) is 3.75. The highest BCUT2D eigenvalue weighted by atomic mass is 79.9. The van der Waals surface area contributed by atoms with Crippen LogP contribution in [0, 0.1) is 5.82 Å². The maximum absolute atomic E-state index is 13.3. The Morgan fingerprint density at radius 1 is 1.19 bits per heavy atom. The summed E-state index contributed by atoms with van der Waals surface area (Å²) in [6.07, 6.45) is 0. The molecule has 0 spiro atoms. The van der Waals surface area contributed by atoms with Crippen LogP contribution >= 0.6 is 15.9 Å². The summed E-state index contributed by atoms with van der Waals surface area (Å²) in [5, 5.41) is 0.857. The number of ether oxygens (including phenoxy) is 1. The highest BCUT2D eigenvalue weighted by molar-refractivity contribution is 9.10. The average Bonchev–Trinajstić information content (AvgIpc) is 2.92. The number of furan rings is 1. The summed E-state index contributed by atoms with van der Waals surface area (Å²) < 4.78 is 24.4. The maximum atomic E-state index is 13.3. The minimum absolute atomic E-state index is 0.207. The molecule has 0 saturated heterocycles. The fourth-order valence-corrected chi connectivity index (χ4v) is 2.15. The number of carbonyl (C=O) groups excluding carboxylic acids is 1. The van der Waals surface area contributed by atoms with E-state index in [0.717, 1.165) is 5.39 Å². The van der Waals surface area contributed by atoms with Crippen molar-refractivity contribution in [2.45, 2.75) is 0 Å². The molecule has 5 heteroatoms. The van der Waals surface area contributed by atoms with Crippen LogP contribution < -0.4 is 4.74 Å². The number of halogens is 2. The van der Waals surface area contributed by atoms with Gasteiger partial charge in [-0.25, -0.2) is 4.39 Å². The van der Waals surface area contributed by atoms with Crippen LogP contribution in [0.25, 0.3) is 11.0 Å². The predicted octanol–water partition coefficient (Wildman–Crippen LogP) is 4.60. The van der Waals surface area contributed by atoms with Crippen LogP contribution in [0.3, 0.4) is 0 Å². The topological polar surface area (TPSA) is 39.4 Å². The van der Waals surface area contributed by atoms with Crippen LogP contribution in [0.1, 0.15) is 10.6 Å². The quantitative estimate of drug-likeness (QED) is 0.647. The molecule has 0 aliphatic heterocycles. The molecule has 0 fully saturated rings. The van der Waals surface area contributed by atoms with Gasteiger partial charge >= 0.3 is 0 Å². The fraction of sp³-hybridized carbons (Fsp3) is 0.0625. The number of ketones is 1. The summed E-state index contributed by atoms with van der Waals surface area (Å²) in [5.41, 5.74) is 0.649. The van der Waals surface area contributed by atoms with Gasteiger partial charge in [0.25, 0.3) is 0 Å². The maximum Gasteiger partial charge on any atom is 0.235 e. The van der Waals surface area contributed by atoms with Crippen LogP contribution in [-0.2, 0) is 0 Å². The SMILES string of the molecule is O=C(COc1ccc(Br)c(F)c1)c1cc2ccccc2o1. The smallest absolute Gasteiger partial charge is 0.235 e. The van der Waals surface area contributed by atoms with E-state index in [1.165, 1.54) is 12.1 Å². The zero-order valence-corrected chi connectivity index (χ0v) is 12.4. The minimum atomic E-state index is -0.441. The van der Waals surface area contributed by atoms with Crippen LogP contribution in [0.4, 0.5) is 4.39 Å². The summed E-state index contributed by atoms with van der Waals surface area (Å²) in [4.78, 5) is 12.0. The first kappa shape index (κ1) is 13.8. The second kappa shape index (κ2) is 5.69.